The Morgan fingerprint density at radius 2 is 2.00 bits per heavy atom. The van der Waals surface area contributed by atoms with Crippen molar-refractivity contribution >= 4 is 11.9 Å². The molecule has 0 saturated carbocycles. The van der Waals surface area contributed by atoms with Crippen molar-refractivity contribution in [1.29, 1.82) is 0 Å². The van der Waals surface area contributed by atoms with Crippen LogP contribution in [0.3, 0.4) is 0 Å². The first kappa shape index (κ1) is 9.76. The van der Waals surface area contributed by atoms with Crippen LogP contribution in [0.2, 0.25) is 0 Å². The zero-order valence-corrected chi connectivity index (χ0v) is 8.80. The van der Waals surface area contributed by atoms with Gasteiger partial charge in [-0.05, 0) is 26.8 Å². The number of amides is 3. The fourth-order valence-corrected chi connectivity index (χ4v) is 1.86. The first-order chi connectivity index (χ1) is 6.93. The summed E-state index contributed by atoms with van der Waals surface area (Å²) in [6.07, 6.45) is 0. The molecule has 0 radical (unpaired) electrons. The van der Waals surface area contributed by atoms with Crippen LogP contribution < -0.4 is 10.6 Å². The average molecular weight is 208 g/mol. The second kappa shape index (κ2) is 2.85. The SMILES string of the molecule is Cc1cc(C2(C)NC(=O)NC2=O)c(C)o1. The standard InChI is InChI=1S/C10H12N2O3/c1-5-4-7(6(2)15-5)10(3)8(13)11-9(14)12-10/h4H,1-3H3,(H2,11,12,13,14). The number of carbonyl (C=O) groups excluding carboxylic acids is 2. The van der Waals surface area contributed by atoms with Crippen molar-refractivity contribution in [2.75, 3.05) is 0 Å². The summed E-state index contributed by atoms with van der Waals surface area (Å²) in [6.45, 7) is 5.23. The molecule has 1 aliphatic heterocycles. The second-order valence-electron chi connectivity index (χ2n) is 3.86. The van der Waals surface area contributed by atoms with E-state index in [0.717, 1.165) is 5.76 Å². The second-order valence-corrected chi connectivity index (χ2v) is 3.86. The maximum Gasteiger partial charge on any atom is 0.322 e. The van der Waals surface area contributed by atoms with E-state index < -0.39 is 11.6 Å². The molecule has 1 fully saturated rings. The first-order valence-electron chi connectivity index (χ1n) is 4.64. The van der Waals surface area contributed by atoms with E-state index in [9.17, 15) is 9.59 Å². The smallest absolute Gasteiger partial charge is 0.322 e. The van der Waals surface area contributed by atoms with Crippen LogP contribution in [0.15, 0.2) is 10.5 Å². The zero-order valence-electron chi connectivity index (χ0n) is 8.80. The third-order valence-corrected chi connectivity index (χ3v) is 2.62. The molecule has 1 aromatic rings. The number of rotatable bonds is 1. The van der Waals surface area contributed by atoms with Gasteiger partial charge in [0.1, 0.15) is 17.1 Å². The lowest BCUT2D eigenvalue weighted by Crippen LogP contribution is -2.40. The molecule has 5 heteroatoms. The van der Waals surface area contributed by atoms with Crippen molar-refractivity contribution in [2.24, 2.45) is 0 Å². The van der Waals surface area contributed by atoms with Crippen molar-refractivity contribution in [2.45, 2.75) is 26.3 Å². The molecule has 1 aliphatic rings. The molecule has 0 bridgehead atoms. The summed E-state index contributed by atoms with van der Waals surface area (Å²) in [7, 11) is 0. The Kier molecular flexibility index (Phi) is 1.86. The minimum atomic E-state index is -1.01. The molecule has 2 heterocycles. The normalized spacial score (nSPS) is 25.3. The predicted octanol–water partition coefficient (Wildman–Crippen LogP) is 0.951. The van der Waals surface area contributed by atoms with Crippen molar-refractivity contribution in [1.82, 2.24) is 10.6 Å². The number of imide groups is 1. The zero-order chi connectivity index (χ0) is 11.2. The van der Waals surface area contributed by atoms with Crippen LogP contribution in [0.4, 0.5) is 4.79 Å². The molecule has 2 rings (SSSR count). The molecule has 1 unspecified atom stereocenters. The monoisotopic (exact) mass is 208 g/mol. The Morgan fingerprint density at radius 1 is 1.33 bits per heavy atom. The number of aryl methyl sites for hydroxylation is 2. The van der Waals surface area contributed by atoms with Gasteiger partial charge in [-0.15, -0.1) is 0 Å². The van der Waals surface area contributed by atoms with Crippen molar-refractivity contribution in [3.8, 4) is 0 Å². The van der Waals surface area contributed by atoms with E-state index in [1.807, 2.05) is 0 Å². The van der Waals surface area contributed by atoms with Crippen molar-refractivity contribution in [3.63, 3.8) is 0 Å². The van der Waals surface area contributed by atoms with Gasteiger partial charge >= 0.3 is 6.03 Å². The number of hydrogen-bond donors (Lipinski definition) is 2. The molecular weight excluding hydrogens is 196 g/mol. The Balaban J connectivity index is 2.50. The lowest BCUT2D eigenvalue weighted by Gasteiger charge is -2.19. The van der Waals surface area contributed by atoms with Crippen molar-refractivity contribution < 1.29 is 14.0 Å². The number of furan rings is 1. The predicted molar refractivity (Wildman–Crippen MR) is 52.2 cm³/mol. The maximum absolute atomic E-state index is 11.6. The summed E-state index contributed by atoms with van der Waals surface area (Å²) in [6, 6.07) is 1.29. The van der Waals surface area contributed by atoms with E-state index in [-0.39, 0.29) is 5.91 Å². The van der Waals surface area contributed by atoms with E-state index >= 15 is 0 Å². The van der Waals surface area contributed by atoms with Gasteiger partial charge in [-0.25, -0.2) is 4.79 Å². The molecule has 2 N–H and O–H groups in total. The van der Waals surface area contributed by atoms with Crippen LogP contribution in [-0.2, 0) is 10.3 Å². The molecule has 0 spiro atoms. The van der Waals surface area contributed by atoms with Crippen LogP contribution in [-0.4, -0.2) is 11.9 Å². The highest BCUT2D eigenvalue weighted by Crippen LogP contribution is 2.29. The van der Waals surface area contributed by atoms with E-state index in [0.29, 0.717) is 11.3 Å². The van der Waals surface area contributed by atoms with Gasteiger partial charge in [-0.3, -0.25) is 10.1 Å². The Labute approximate surface area is 86.8 Å². The first-order valence-corrected chi connectivity index (χ1v) is 4.64. The number of carbonyl (C=O) groups is 2. The van der Waals surface area contributed by atoms with Crippen molar-refractivity contribution in [3.05, 3.63) is 23.2 Å². The summed E-state index contributed by atoms with van der Waals surface area (Å²) >= 11 is 0. The Bertz CT molecular complexity index is 450. The van der Waals surface area contributed by atoms with Crippen LogP contribution in [0.1, 0.15) is 24.0 Å². The summed E-state index contributed by atoms with van der Waals surface area (Å²) in [4.78, 5) is 22.7. The molecule has 5 nitrogen and oxygen atoms in total. The van der Waals surface area contributed by atoms with Gasteiger partial charge in [0.15, 0.2) is 0 Å². The molecule has 3 amide bonds. The Morgan fingerprint density at radius 3 is 2.40 bits per heavy atom. The molecule has 1 aromatic heterocycles. The van der Waals surface area contributed by atoms with Gasteiger partial charge in [-0.1, -0.05) is 0 Å². The number of hydrogen-bond acceptors (Lipinski definition) is 3. The third kappa shape index (κ3) is 1.31. The van der Waals surface area contributed by atoms with Crippen LogP contribution in [0, 0.1) is 13.8 Å². The summed E-state index contributed by atoms with van der Waals surface area (Å²) in [5.74, 6) is 1.02. The highest BCUT2D eigenvalue weighted by atomic mass is 16.3. The van der Waals surface area contributed by atoms with Gasteiger partial charge in [0.2, 0.25) is 0 Å². The fraction of sp³-hybridized carbons (Fsp3) is 0.400. The molecule has 80 valence electrons. The minimum Gasteiger partial charge on any atom is -0.466 e. The lowest BCUT2D eigenvalue weighted by molar-refractivity contribution is -0.123. The topological polar surface area (TPSA) is 71.3 Å². The van der Waals surface area contributed by atoms with Crippen LogP contribution >= 0.6 is 0 Å². The van der Waals surface area contributed by atoms with Crippen LogP contribution in [0.5, 0.6) is 0 Å². The van der Waals surface area contributed by atoms with Gasteiger partial charge in [-0.2, -0.15) is 0 Å². The molecule has 0 aromatic carbocycles. The van der Waals surface area contributed by atoms with E-state index in [1.165, 1.54) is 0 Å². The van der Waals surface area contributed by atoms with Gasteiger partial charge < -0.3 is 9.73 Å². The molecule has 0 aliphatic carbocycles. The molecule has 1 saturated heterocycles. The summed E-state index contributed by atoms with van der Waals surface area (Å²) in [5, 5.41) is 4.80. The number of urea groups is 1. The number of nitrogens with one attached hydrogen (secondary N) is 2. The minimum absolute atomic E-state index is 0.351. The average Bonchev–Trinajstić information content (AvgIpc) is 2.55. The Hall–Kier alpha value is -1.78. The summed E-state index contributed by atoms with van der Waals surface area (Å²) in [5.41, 5.74) is -0.317. The van der Waals surface area contributed by atoms with E-state index in [4.69, 9.17) is 4.42 Å². The highest BCUT2D eigenvalue weighted by molar-refractivity contribution is 6.07. The van der Waals surface area contributed by atoms with E-state index in [2.05, 4.69) is 10.6 Å². The largest absolute Gasteiger partial charge is 0.466 e. The van der Waals surface area contributed by atoms with Gasteiger partial charge in [0, 0.05) is 5.56 Å². The lowest BCUT2D eigenvalue weighted by atomic mass is 9.92. The molecule has 15 heavy (non-hydrogen) atoms. The van der Waals surface area contributed by atoms with E-state index in [1.54, 1.807) is 26.8 Å². The fourth-order valence-electron chi connectivity index (χ4n) is 1.86. The molecular formula is C10H12N2O3. The van der Waals surface area contributed by atoms with Crippen LogP contribution in [0.25, 0.3) is 0 Å². The summed E-state index contributed by atoms with van der Waals surface area (Å²) < 4.78 is 5.34. The van der Waals surface area contributed by atoms with Gasteiger partial charge in [0.05, 0.1) is 0 Å². The quantitative estimate of drug-likeness (QED) is 0.675. The third-order valence-electron chi connectivity index (χ3n) is 2.62. The maximum atomic E-state index is 11.6. The molecule has 1 atom stereocenters. The highest BCUT2D eigenvalue weighted by Gasteiger charge is 2.45. The van der Waals surface area contributed by atoms with Gasteiger partial charge in [0.25, 0.3) is 5.91 Å².